The van der Waals surface area contributed by atoms with E-state index in [0.717, 1.165) is 17.9 Å². The normalized spacial score (nSPS) is 11.9. The molecule has 94 valence electrons. The maximum atomic E-state index is 11.0. The van der Waals surface area contributed by atoms with E-state index in [1.165, 1.54) is 0 Å². The number of carbonyl (C=O) groups is 1. The summed E-state index contributed by atoms with van der Waals surface area (Å²) in [5.74, 6) is -0.0267. The number of hydrogen-bond acceptors (Lipinski definition) is 3. The van der Waals surface area contributed by atoms with Crippen molar-refractivity contribution in [2.24, 2.45) is 0 Å². The van der Waals surface area contributed by atoms with Crippen molar-refractivity contribution < 1.29 is 14.6 Å². The molecule has 1 atom stereocenters. The molecule has 4 heteroatoms. The van der Waals surface area contributed by atoms with Crippen LogP contribution in [0, 0.1) is 0 Å². The van der Waals surface area contributed by atoms with Crippen molar-refractivity contribution in [2.75, 3.05) is 11.9 Å². The van der Waals surface area contributed by atoms with Gasteiger partial charge in [0.25, 0.3) is 0 Å². The summed E-state index contributed by atoms with van der Waals surface area (Å²) in [5, 5.41) is 12.0. The SMILES string of the molecule is CCC[C@H](Nc1ccc(OCC)cc1)C(=O)O. The Hall–Kier alpha value is -1.71. The fraction of sp³-hybridized carbons (Fsp3) is 0.462. The van der Waals surface area contributed by atoms with Gasteiger partial charge in [0.1, 0.15) is 11.8 Å². The fourth-order valence-electron chi connectivity index (χ4n) is 1.56. The minimum absolute atomic E-state index is 0.530. The molecule has 0 aliphatic carbocycles. The van der Waals surface area contributed by atoms with Gasteiger partial charge >= 0.3 is 5.97 Å². The van der Waals surface area contributed by atoms with E-state index in [-0.39, 0.29) is 0 Å². The molecule has 0 unspecified atom stereocenters. The Labute approximate surface area is 102 Å². The van der Waals surface area contributed by atoms with E-state index >= 15 is 0 Å². The molecule has 0 spiro atoms. The monoisotopic (exact) mass is 237 g/mol. The predicted molar refractivity (Wildman–Crippen MR) is 67.6 cm³/mol. The van der Waals surface area contributed by atoms with Crippen LogP contribution in [0.4, 0.5) is 5.69 Å². The molecule has 1 rings (SSSR count). The molecular formula is C13H19NO3. The Bertz CT molecular complexity index is 348. The van der Waals surface area contributed by atoms with Crippen molar-refractivity contribution in [2.45, 2.75) is 32.7 Å². The Morgan fingerprint density at radius 3 is 2.47 bits per heavy atom. The van der Waals surface area contributed by atoms with Gasteiger partial charge in [-0.1, -0.05) is 13.3 Å². The average molecular weight is 237 g/mol. The standard InChI is InChI=1S/C13H19NO3/c1-3-5-12(13(15)16)14-10-6-8-11(9-7-10)17-4-2/h6-9,12,14H,3-5H2,1-2H3,(H,15,16)/t12-/m0/s1. The second-order valence-electron chi connectivity index (χ2n) is 3.78. The van der Waals surface area contributed by atoms with E-state index in [9.17, 15) is 4.79 Å². The van der Waals surface area contributed by atoms with Gasteiger partial charge in [0, 0.05) is 5.69 Å². The van der Waals surface area contributed by atoms with Crippen molar-refractivity contribution in [3.8, 4) is 5.75 Å². The summed E-state index contributed by atoms with van der Waals surface area (Å²) < 4.78 is 5.32. The quantitative estimate of drug-likeness (QED) is 0.765. The second kappa shape index (κ2) is 6.78. The van der Waals surface area contributed by atoms with Gasteiger partial charge in [-0.25, -0.2) is 4.79 Å². The van der Waals surface area contributed by atoms with Crippen LogP contribution in [0.3, 0.4) is 0 Å². The Kier molecular flexibility index (Phi) is 5.33. The van der Waals surface area contributed by atoms with E-state index in [2.05, 4.69) is 5.32 Å². The van der Waals surface area contributed by atoms with Gasteiger partial charge in [-0.2, -0.15) is 0 Å². The largest absolute Gasteiger partial charge is 0.494 e. The second-order valence-corrected chi connectivity index (χ2v) is 3.78. The Morgan fingerprint density at radius 1 is 1.35 bits per heavy atom. The summed E-state index contributed by atoms with van der Waals surface area (Å²) >= 11 is 0. The summed E-state index contributed by atoms with van der Waals surface area (Å²) in [5.41, 5.74) is 0.800. The third-order valence-electron chi connectivity index (χ3n) is 2.38. The number of ether oxygens (including phenoxy) is 1. The Morgan fingerprint density at radius 2 is 2.00 bits per heavy atom. The van der Waals surface area contributed by atoms with Crippen LogP contribution in [0.1, 0.15) is 26.7 Å². The molecule has 0 aromatic heterocycles. The highest BCUT2D eigenvalue weighted by atomic mass is 16.5. The first-order chi connectivity index (χ1) is 8.17. The molecule has 4 nitrogen and oxygen atoms in total. The first kappa shape index (κ1) is 13.4. The molecule has 0 fully saturated rings. The first-order valence-electron chi connectivity index (χ1n) is 5.89. The number of hydrogen-bond donors (Lipinski definition) is 2. The van der Waals surface area contributed by atoms with Gasteiger partial charge in [-0.3, -0.25) is 0 Å². The number of carboxylic acid groups (broad SMARTS) is 1. The molecule has 0 amide bonds. The lowest BCUT2D eigenvalue weighted by molar-refractivity contribution is -0.138. The van der Waals surface area contributed by atoms with Crippen LogP contribution in [0.5, 0.6) is 5.75 Å². The van der Waals surface area contributed by atoms with Crippen molar-refractivity contribution in [1.29, 1.82) is 0 Å². The van der Waals surface area contributed by atoms with Crippen LogP contribution >= 0.6 is 0 Å². The molecule has 1 aromatic rings. The van der Waals surface area contributed by atoms with Gasteiger partial charge in [0.05, 0.1) is 6.61 Å². The van der Waals surface area contributed by atoms with Gasteiger partial charge in [0.2, 0.25) is 0 Å². The molecule has 0 bridgehead atoms. The van der Waals surface area contributed by atoms with E-state index in [4.69, 9.17) is 9.84 Å². The van der Waals surface area contributed by atoms with E-state index in [1.807, 2.05) is 38.1 Å². The van der Waals surface area contributed by atoms with Crippen molar-refractivity contribution >= 4 is 11.7 Å². The highest BCUT2D eigenvalue weighted by Crippen LogP contribution is 2.17. The molecule has 1 aromatic carbocycles. The lowest BCUT2D eigenvalue weighted by Crippen LogP contribution is -2.28. The smallest absolute Gasteiger partial charge is 0.326 e. The Balaban J connectivity index is 2.63. The summed E-state index contributed by atoms with van der Waals surface area (Å²) in [6, 6.07) is 6.79. The highest BCUT2D eigenvalue weighted by molar-refractivity contribution is 5.77. The third kappa shape index (κ3) is 4.34. The van der Waals surface area contributed by atoms with Crippen molar-refractivity contribution in [3.63, 3.8) is 0 Å². The van der Waals surface area contributed by atoms with Crippen LogP contribution < -0.4 is 10.1 Å². The average Bonchev–Trinajstić information content (AvgIpc) is 2.31. The number of carboxylic acids is 1. The number of rotatable bonds is 7. The minimum Gasteiger partial charge on any atom is -0.494 e. The minimum atomic E-state index is -0.819. The zero-order chi connectivity index (χ0) is 12.7. The number of anilines is 1. The van der Waals surface area contributed by atoms with Gasteiger partial charge in [-0.05, 0) is 37.6 Å². The van der Waals surface area contributed by atoms with Crippen LogP contribution in [0.2, 0.25) is 0 Å². The first-order valence-corrected chi connectivity index (χ1v) is 5.89. The van der Waals surface area contributed by atoms with Gasteiger partial charge < -0.3 is 15.2 Å². The zero-order valence-corrected chi connectivity index (χ0v) is 10.3. The van der Waals surface area contributed by atoms with Crippen LogP contribution in [-0.4, -0.2) is 23.7 Å². The summed E-state index contributed by atoms with van der Waals surface area (Å²) in [7, 11) is 0. The highest BCUT2D eigenvalue weighted by Gasteiger charge is 2.15. The van der Waals surface area contributed by atoms with Gasteiger partial charge in [-0.15, -0.1) is 0 Å². The molecule has 2 N–H and O–H groups in total. The number of nitrogens with one attached hydrogen (secondary N) is 1. The summed E-state index contributed by atoms with van der Waals surface area (Å²) in [6.45, 7) is 4.52. The molecule has 0 aliphatic heterocycles. The maximum absolute atomic E-state index is 11.0. The molecule has 17 heavy (non-hydrogen) atoms. The topological polar surface area (TPSA) is 58.6 Å². The lowest BCUT2D eigenvalue weighted by atomic mass is 10.1. The van der Waals surface area contributed by atoms with Crippen molar-refractivity contribution in [3.05, 3.63) is 24.3 Å². The maximum Gasteiger partial charge on any atom is 0.326 e. The summed E-state index contributed by atoms with van der Waals surface area (Å²) in [4.78, 5) is 11.0. The molecule has 0 radical (unpaired) electrons. The van der Waals surface area contributed by atoms with Crippen LogP contribution in [0.25, 0.3) is 0 Å². The van der Waals surface area contributed by atoms with Crippen molar-refractivity contribution in [1.82, 2.24) is 0 Å². The van der Waals surface area contributed by atoms with E-state index in [0.29, 0.717) is 13.0 Å². The van der Waals surface area contributed by atoms with Gasteiger partial charge in [0.15, 0.2) is 0 Å². The molecule has 0 aliphatic rings. The zero-order valence-electron chi connectivity index (χ0n) is 10.3. The third-order valence-corrected chi connectivity index (χ3v) is 2.38. The predicted octanol–water partition coefficient (Wildman–Crippen LogP) is 2.75. The molecule has 0 saturated carbocycles. The summed E-state index contributed by atoms with van der Waals surface area (Å²) in [6.07, 6.45) is 1.45. The lowest BCUT2D eigenvalue weighted by Gasteiger charge is -2.15. The number of benzene rings is 1. The van der Waals surface area contributed by atoms with E-state index in [1.54, 1.807) is 0 Å². The molecular weight excluding hydrogens is 218 g/mol. The van der Waals surface area contributed by atoms with Crippen LogP contribution in [0.15, 0.2) is 24.3 Å². The van der Waals surface area contributed by atoms with Crippen LogP contribution in [-0.2, 0) is 4.79 Å². The number of aliphatic carboxylic acids is 1. The fourth-order valence-corrected chi connectivity index (χ4v) is 1.56. The molecule has 0 saturated heterocycles. The van der Waals surface area contributed by atoms with E-state index < -0.39 is 12.0 Å². The molecule has 0 heterocycles.